The number of morpholine rings is 1. The number of carbonyl (C=O) groups is 2. The number of nitrogens with zero attached hydrogens (tertiary/aromatic N) is 4. The molecule has 2 aliphatic heterocycles. The van der Waals surface area contributed by atoms with Gasteiger partial charge >= 0.3 is 0 Å². The Morgan fingerprint density at radius 3 is 2.49 bits per heavy atom. The van der Waals surface area contributed by atoms with Crippen molar-refractivity contribution in [3.8, 4) is 22.7 Å². The van der Waals surface area contributed by atoms with Gasteiger partial charge in [-0.2, -0.15) is 5.10 Å². The van der Waals surface area contributed by atoms with E-state index in [1.54, 1.807) is 28.7 Å². The molecule has 2 amide bonds. The molecule has 4 aromatic rings. The molecular weight excluding hydrogens is 536 g/mol. The molecule has 0 spiro atoms. The molecule has 1 fully saturated rings. The molecule has 210 valence electrons. The molecule has 1 saturated heterocycles. The molecule has 41 heavy (non-hydrogen) atoms. The molecule has 9 heteroatoms. The maximum Gasteiger partial charge on any atom is 0.242 e. The molecule has 1 unspecified atom stereocenters. The van der Waals surface area contributed by atoms with Crippen LogP contribution < -0.4 is 9.64 Å². The minimum Gasteiger partial charge on any atom is -0.497 e. The van der Waals surface area contributed by atoms with Gasteiger partial charge in [-0.1, -0.05) is 60.2 Å². The number of benzene rings is 3. The standard InChI is InChI=1S/C32H32N4O4S/c1-22-7-6-10-24(19-22)31-29-30(23-8-4-3-5-9-23)33-36(25-11-13-26(39-2)14-12-25)32(29)35(28(38)21-41-31)20-27(37)34-15-17-40-18-16-34/h3-14,19,31H,15-18,20-21H2,1-2H3. The van der Waals surface area contributed by atoms with Gasteiger partial charge in [0.05, 0.1) is 42.7 Å². The number of ether oxygens (including phenoxy) is 2. The summed E-state index contributed by atoms with van der Waals surface area (Å²) in [6.07, 6.45) is 0. The van der Waals surface area contributed by atoms with Gasteiger partial charge in [-0.3, -0.25) is 14.5 Å². The maximum absolute atomic E-state index is 13.9. The van der Waals surface area contributed by atoms with Gasteiger partial charge in [0, 0.05) is 24.2 Å². The number of aromatic nitrogens is 2. The van der Waals surface area contributed by atoms with E-state index in [-0.39, 0.29) is 29.4 Å². The summed E-state index contributed by atoms with van der Waals surface area (Å²) >= 11 is 1.58. The lowest BCUT2D eigenvalue weighted by Gasteiger charge is -2.30. The summed E-state index contributed by atoms with van der Waals surface area (Å²) in [5.74, 6) is 1.36. The quantitative estimate of drug-likeness (QED) is 0.330. The number of hydrogen-bond donors (Lipinski definition) is 0. The van der Waals surface area contributed by atoms with Crippen molar-refractivity contribution < 1.29 is 19.1 Å². The minimum absolute atomic E-state index is 0.0665. The lowest BCUT2D eigenvalue weighted by atomic mass is 9.98. The van der Waals surface area contributed by atoms with Crippen molar-refractivity contribution in [2.75, 3.05) is 50.6 Å². The van der Waals surface area contributed by atoms with Gasteiger partial charge in [-0.25, -0.2) is 4.68 Å². The molecule has 0 N–H and O–H groups in total. The first-order chi connectivity index (χ1) is 20.0. The molecule has 2 aliphatic rings. The molecule has 1 atom stereocenters. The molecule has 0 radical (unpaired) electrons. The molecule has 3 heterocycles. The van der Waals surface area contributed by atoms with Crippen molar-refractivity contribution >= 4 is 29.4 Å². The predicted molar refractivity (Wildman–Crippen MR) is 161 cm³/mol. The fourth-order valence-corrected chi connectivity index (χ4v) is 6.56. The van der Waals surface area contributed by atoms with Crippen LogP contribution in [0.5, 0.6) is 5.75 Å². The van der Waals surface area contributed by atoms with E-state index in [2.05, 4.69) is 25.1 Å². The Morgan fingerprint density at radius 2 is 1.78 bits per heavy atom. The number of hydrogen-bond acceptors (Lipinski definition) is 6. The zero-order valence-electron chi connectivity index (χ0n) is 23.2. The lowest BCUT2D eigenvalue weighted by Crippen LogP contribution is -2.48. The molecule has 0 aliphatic carbocycles. The fourth-order valence-electron chi connectivity index (χ4n) is 5.38. The van der Waals surface area contributed by atoms with E-state index in [1.165, 1.54) is 0 Å². The molecule has 0 saturated carbocycles. The topological polar surface area (TPSA) is 76.9 Å². The second-order valence-corrected chi connectivity index (χ2v) is 11.2. The van der Waals surface area contributed by atoms with Crippen molar-refractivity contribution in [1.29, 1.82) is 0 Å². The highest BCUT2D eigenvalue weighted by Crippen LogP contribution is 2.48. The van der Waals surface area contributed by atoms with Crippen molar-refractivity contribution in [2.24, 2.45) is 0 Å². The van der Waals surface area contributed by atoms with Crippen molar-refractivity contribution in [1.82, 2.24) is 14.7 Å². The van der Waals surface area contributed by atoms with Gasteiger partial charge in [0.15, 0.2) is 0 Å². The highest BCUT2D eigenvalue weighted by molar-refractivity contribution is 8.00. The van der Waals surface area contributed by atoms with Gasteiger partial charge in [0.2, 0.25) is 11.8 Å². The number of fused-ring (bicyclic) bond motifs is 1. The summed E-state index contributed by atoms with van der Waals surface area (Å²) < 4.78 is 12.7. The van der Waals surface area contributed by atoms with Crippen LogP contribution in [-0.4, -0.2) is 72.2 Å². The maximum atomic E-state index is 13.9. The van der Waals surface area contributed by atoms with Crippen LogP contribution in [0.2, 0.25) is 0 Å². The molecule has 3 aromatic carbocycles. The molecular formula is C32H32N4O4S. The van der Waals surface area contributed by atoms with Gasteiger partial charge in [-0.05, 0) is 36.8 Å². The Hall–Kier alpha value is -4.08. The van der Waals surface area contributed by atoms with Crippen molar-refractivity contribution in [2.45, 2.75) is 12.2 Å². The van der Waals surface area contributed by atoms with Gasteiger partial charge in [0.1, 0.15) is 18.1 Å². The second-order valence-electron chi connectivity index (χ2n) is 10.1. The Bertz CT molecular complexity index is 1550. The number of carbonyl (C=O) groups excluding carboxylic acids is 2. The largest absolute Gasteiger partial charge is 0.497 e. The summed E-state index contributed by atoms with van der Waals surface area (Å²) in [7, 11) is 1.63. The van der Waals surface area contributed by atoms with Crippen LogP contribution in [0.15, 0.2) is 78.9 Å². The second kappa shape index (κ2) is 11.8. The smallest absolute Gasteiger partial charge is 0.242 e. The zero-order valence-corrected chi connectivity index (χ0v) is 24.0. The highest BCUT2D eigenvalue weighted by atomic mass is 32.2. The Morgan fingerprint density at radius 1 is 1.02 bits per heavy atom. The van der Waals surface area contributed by atoms with Gasteiger partial charge in [0.25, 0.3) is 0 Å². The monoisotopic (exact) mass is 568 g/mol. The number of amides is 2. The SMILES string of the molecule is COc1ccc(-n2nc(-c3ccccc3)c3c2N(CC(=O)N2CCOCC2)C(=O)CSC3c2cccc(C)c2)cc1. The first kappa shape index (κ1) is 27.1. The predicted octanol–water partition coefficient (Wildman–Crippen LogP) is 4.88. The summed E-state index contributed by atoms with van der Waals surface area (Å²) in [4.78, 5) is 30.9. The van der Waals surface area contributed by atoms with Crippen LogP contribution in [-0.2, 0) is 14.3 Å². The molecule has 8 nitrogen and oxygen atoms in total. The number of anilines is 1. The van der Waals surface area contributed by atoms with E-state index < -0.39 is 0 Å². The van der Waals surface area contributed by atoms with Gasteiger partial charge in [-0.15, -0.1) is 11.8 Å². The van der Waals surface area contributed by atoms with Crippen LogP contribution in [0.1, 0.15) is 21.9 Å². The average Bonchev–Trinajstić information content (AvgIpc) is 3.34. The third-order valence-electron chi connectivity index (χ3n) is 7.46. The van der Waals surface area contributed by atoms with Crippen molar-refractivity contribution in [3.05, 3.63) is 95.6 Å². The average molecular weight is 569 g/mol. The number of methoxy groups -OCH3 is 1. The lowest BCUT2D eigenvalue weighted by molar-refractivity contribution is -0.134. The van der Waals surface area contributed by atoms with Crippen LogP contribution in [0.25, 0.3) is 16.9 Å². The van der Waals surface area contributed by atoms with E-state index in [0.29, 0.717) is 32.1 Å². The zero-order chi connectivity index (χ0) is 28.3. The van der Waals surface area contributed by atoms with E-state index in [1.807, 2.05) is 65.3 Å². The van der Waals surface area contributed by atoms with Crippen LogP contribution in [0.4, 0.5) is 5.82 Å². The van der Waals surface area contributed by atoms with E-state index in [9.17, 15) is 9.59 Å². The first-order valence-electron chi connectivity index (χ1n) is 13.7. The molecule has 6 rings (SSSR count). The van der Waals surface area contributed by atoms with E-state index >= 15 is 0 Å². The minimum atomic E-state index is -0.167. The van der Waals surface area contributed by atoms with Crippen LogP contribution in [0.3, 0.4) is 0 Å². The number of aryl methyl sites for hydroxylation is 1. The fraction of sp³-hybridized carbons (Fsp3) is 0.281. The summed E-state index contributed by atoms with van der Waals surface area (Å²) in [5, 5.41) is 4.99. The van der Waals surface area contributed by atoms with Crippen molar-refractivity contribution in [3.63, 3.8) is 0 Å². The first-order valence-corrected chi connectivity index (χ1v) is 14.7. The number of thioether (sulfide) groups is 1. The van der Waals surface area contributed by atoms with E-state index in [0.717, 1.165) is 39.4 Å². The molecule has 0 bridgehead atoms. The summed E-state index contributed by atoms with van der Waals surface area (Å²) in [6.45, 7) is 4.03. The number of rotatable bonds is 6. The highest BCUT2D eigenvalue weighted by Gasteiger charge is 2.38. The third kappa shape index (κ3) is 5.47. The Balaban J connectivity index is 1.58. The van der Waals surface area contributed by atoms with Crippen LogP contribution in [0, 0.1) is 6.92 Å². The van der Waals surface area contributed by atoms with Gasteiger partial charge < -0.3 is 14.4 Å². The van der Waals surface area contributed by atoms with E-state index in [4.69, 9.17) is 14.6 Å². The molecule has 1 aromatic heterocycles. The van der Waals surface area contributed by atoms with Crippen LogP contribution >= 0.6 is 11.8 Å². The summed E-state index contributed by atoms with van der Waals surface area (Å²) in [6, 6.07) is 26.0. The normalized spacial score (nSPS) is 17.2. The third-order valence-corrected chi connectivity index (χ3v) is 8.71. The summed E-state index contributed by atoms with van der Waals surface area (Å²) in [5.41, 5.74) is 5.66. The Labute approximate surface area is 243 Å². The Kier molecular flexibility index (Phi) is 7.80.